The van der Waals surface area contributed by atoms with Crippen molar-refractivity contribution in [3.05, 3.63) is 449 Å². The van der Waals surface area contributed by atoms with Crippen molar-refractivity contribution in [1.82, 2.24) is 48.2 Å². The van der Waals surface area contributed by atoms with Crippen LogP contribution in [0.15, 0.2) is 467 Å². The average Bonchev–Trinajstić information content (AvgIpc) is 1.56. The molecular formula is C126H74N10O4S. The van der Waals surface area contributed by atoms with Crippen LogP contribution in [0, 0.1) is 0 Å². The summed E-state index contributed by atoms with van der Waals surface area (Å²) >= 11 is 1.86. The summed E-state index contributed by atoms with van der Waals surface area (Å²) in [6.07, 6.45) is 0. The molecule has 12 aromatic heterocycles. The van der Waals surface area contributed by atoms with Gasteiger partial charge in [0.2, 0.25) is 0 Å². The van der Waals surface area contributed by atoms with Crippen LogP contribution >= 0.6 is 11.3 Å². The molecule has 19 aromatic carbocycles. The van der Waals surface area contributed by atoms with Gasteiger partial charge in [0.15, 0.2) is 34.2 Å². The van der Waals surface area contributed by atoms with E-state index in [-0.39, 0.29) is 0 Å². The van der Waals surface area contributed by atoms with E-state index in [2.05, 4.69) is 309 Å². The molecule has 12 heterocycles. The van der Waals surface area contributed by atoms with Gasteiger partial charge in [-0.2, -0.15) is 0 Å². The Hall–Kier alpha value is -19.0. The molecule has 0 amide bonds. The summed E-state index contributed by atoms with van der Waals surface area (Å²) in [5, 5.41) is 17.5. The van der Waals surface area contributed by atoms with Crippen LogP contribution in [-0.2, 0) is 0 Å². The van der Waals surface area contributed by atoms with E-state index >= 15 is 0 Å². The molecule has 0 N–H and O–H groups in total. The molecule has 15 heteroatoms. The van der Waals surface area contributed by atoms with Gasteiger partial charge >= 0.3 is 0 Å². The smallest absolute Gasteiger partial charge is 0.180 e. The lowest BCUT2D eigenvalue weighted by Crippen LogP contribution is -1.96. The summed E-state index contributed by atoms with van der Waals surface area (Å²) in [6, 6.07) is 157. The Morgan fingerprint density at radius 1 is 0.163 bits per heavy atom. The molecule has 14 nitrogen and oxygen atoms in total. The standard InChI is InChI=1S/C46H28N4O.C40H23N3O2.C40H23N3OS/c1-3-13-30(14-4-1)46-47-43(45-44(48-46)35-19-9-12-22-42(35)51-45)29-23-25-32(26-24-29)50-39-21-11-8-18-34(39)37-27-40-36(28-41(37)50)33-17-7-10-20-38(33)49(40)31-15-5-2-6-16-31;1-2-10-25(11-3-1)40-41-37(39-38(42-40)29-14-6-9-17-35(29)45-39)24-18-20-26(21-19-24)43-32-15-7-4-12-27(32)30-23-36-31(22-33(30)43)28-13-5-8-16-34(28)44-36;1-2-10-25(11-3-1)40-41-37(39-38(42-40)29-14-5-8-16-34(29)44-39)24-18-20-26(21-19-24)43-32-15-7-4-12-27(32)30-23-36-31(22-33(30)43)28-13-6-9-17-35(28)45-36/h1-28H;2*1-23H. The molecule has 0 atom stereocenters. The lowest BCUT2D eigenvalue weighted by atomic mass is 10.1. The minimum atomic E-state index is 0.674. The number of fused-ring (bicyclic) bond motifs is 27. The summed E-state index contributed by atoms with van der Waals surface area (Å²) in [6.45, 7) is 0. The Kier molecular flexibility index (Phi) is 17.9. The van der Waals surface area contributed by atoms with Gasteiger partial charge in [0.05, 0.1) is 44.1 Å². The molecule has 0 spiro atoms. The third kappa shape index (κ3) is 12.8. The van der Waals surface area contributed by atoms with Gasteiger partial charge in [-0.15, -0.1) is 11.3 Å². The third-order valence-corrected chi connectivity index (χ3v) is 28.9. The van der Waals surface area contributed by atoms with E-state index in [9.17, 15) is 0 Å². The van der Waals surface area contributed by atoms with Crippen molar-refractivity contribution >= 4 is 207 Å². The van der Waals surface area contributed by atoms with Gasteiger partial charge in [-0.3, -0.25) is 0 Å². The van der Waals surface area contributed by atoms with Crippen molar-refractivity contribution in [3.8, 4) is 90.7 Å². The number of rotatable bonds is 10. The molecule has 0 fully saturated rings. The topological polar surface area (TPSA) is 150 Å². The summed E-state index contributed by atoms with van der Waals surface area (Å²) in [4.78, 5) is 30.2. The fourth-order valence-electron chi connectivity index (χ4n) is 21.3. The summed E-state index contributed by atoms with van der Waals surface area (Å²) in [5.74, 6) is 2.03. The van der Waals surface area contributed by atoms with Crippen LogP contribution in [0.25, 0.3) is 286 Å². The summed E-state index contributed by atoms with van der Waals surface area (Å²) in [5.41, 5.74) is 30.7. The van der Waals surface area contributed by atoms with Crippen LogP contribution in [0.1, 0.15) is 0 Å². The molecule has 0 aliphatic heterocycles. The highest BCUT2D eigenvalue weighted by molar-refractivity contribution is 7.25. The lowest BCUT2D eigenvalue weighted by molar-refractivity contribution is 0.667. The van der Waals surface area contributed by atoms with Gasteiger partial charge < -0.3 is 35.9 Å². The van der Waals surface area contributed by atoms with Crippen molar-refractivity contribution in [2.24, 2.45) is 0 Å². The molecule has 658 valence electrons. The quantitative estimate of drug-likeness (QED) is 0.129. The van der Waals surface area contributed by atoms with E-state index in [1.54, 1.807) is 0 Å². The molecule has 0 aliphatic carbocycles. The highest BCUT2D eigenvalue weighted by Gasteiger charge is 2.27. The number of thiophene rings is 1. The number of hydrogen-bond donors (Lipinski definition) is 0. The molecule has 0 radical (unpaired) electrons. The predicted molar refractivity (Wildman–Crippen MR) is 578 cm³/mol. The molecule has 31 aromatic rings. The van der Waals surface area contributed by atoms with Gasteiger partial charge in [0, 0.05) is 146 Å². The van der Waals surface area contributed by atoms with Crippen LogP contribution in [0.5, 0.6) is 0 Å². The van der Waals surface area contributed by atoms with Gasteiger partial charge in [-0.05, 0) is 158 Å². The highest BCUT2D eigenvalue weighted by Crippen LogP contribution is 2.48. The maximum absolute atomic E-state index is 6.42. The minimum absolute atomic E-state index is 0.674. The first-order valence-electron chi connectivity index (χ1n) is 47.2. The zero-order valence-corrected chi connectivity index (χ0v) is 76.1. The summed E-state index contributed by atoms with van der Waals surface area (Å²) in [7, 11) is 0. The SMILES string of the molecule is c1ccc(-c2nc(-c3ccc(-n4c5ccccc5c5cc6c(cc54)c4ccccc4n6-c4ccccc4)cc3)c3oc4ccccc4c3n2)cc1.c1ccc(-c2nc(-c3ccc(-n4c5ccccc5c5cc6oc7ccccc7c6cc54)cc3)c3oc4ccccc4c3n2)cc1.c1ccc(-c2nc(-c3ccc(-n4c5ccccc5c5cc6sc7ccccc7c6cc54)cc3)c3oc4ccccc4c3n2)cc1. The van der Waals surface area contributed by atoms with Crippen molar-refractivity contribution in [2.75, 3.05) is 0 Å². The number of aromatic nitrogens is 10. The average molecular weight is 1820 g/mol. The van der Waals surface area contributed by atoms with Crippen molar-refractivity contribution in [1.29, 1.82) is 0 Å². The molecule has 0 bridgehead atoms. The van der Waals surface area contributed by atoms with E-state index in [1.807, 2.05) is 169 Å². The third-order valence-electron chi connectivity index (χ3n) is 27.8. The zero-order valence-electron chi connectivity index (χ0n) is 75.2. The largest absolute Gasteiger partial charge is 0.456 e. The minimum Gasteiger partial charge on any atom is -0.456 e. The highest BCUT2D eigenvalue weighted by atomic mass is 32.1. The van der Waals surface area contributed by atoms with Crippen LogP contribution in [0.3, 0.4) is 0 Å². The molecular weight excluding hydrogens is 1750 g/mol. The monoisotopic (exact) mass is 1820 g/mol. The Morgan fingerprint density at radius 2 is 0.440 bits per heavy atom. The first kappa shape index (κ1) is 79.4. The van der Waals surface area contributed by atoms with E-state index in [1.165, 1.54) is 85.5 Å². The van der Waals surface area contributed by atoms with E-state index in [0.29, 0.717) is 34.2 Å². The van der Waals surface area contributed by atoms with Crippen molar-refractivity contribution in [3.63, 3.8) is 0 Å². The number of nitrogens with zero attached hydrogens (tertiary/aromatic N) is 10. The fourth-order valence-corrected chi connectivity index (χ4v) is 22.4. The fraction of sp³-hybridized carbons (Fsp3) is 0. The van der Waals surface area contributed by atoms with Crippen LogP contribution in [0.4, 0.5) is 0 Å². The second kappa shape index (κ2) is 31.8. The Balaban J connectivity index is 0.000000102. The van der Waals surface area contributed by atoms with Gasteiger partial charge in [-0.25, -0.2) is 29.9 Å². The normalized spacial score (nSPS) is 12.0. The lowest BCUT2D eigenvalue weighted by Gasteiger charge is -2.11. The molecule has 0 saturated carbocycles. The van der Waals surface area contributed by atoms with Gasteiger partial charge in [0.25, 0.3) is 0 Å². The summed E-state index contributed by atoms with van der Waals surface area (Å²) < 4.78 is 37.6. The Bertz CT molecular complexity index is 10100. The van der Waals surface area contributed by atoms with Crippen LogP contribution in [0.2, 0.25) is 0 Å². The first-order chi connectivity index (χ1) is 69.9. The first-order valence-corrected chi connectivity index (χ1v) is 48.0. The molecule has 31 rings (SSSR count). The van der Waals surface area contributed by atoms with Crippen molar-refractivity contribution in [2.45, 2.75) is 0 Å². The number of furan rings is 4. The second-order valence-corrected chi connectivity index (χ2v) is 36.9. The molecule has 0 saturated heterocycles. The molecule has 0 aliphatic rings. The molecule has 0 unspecified atom stereocenters. The second-order valence-electron chi connectivity index (χ2n) is 35.8. The predicted octanol–water partition coefficient (Wildman–Crippen LogP) is 33.8. The van der Waals surface area contributed by atoms with E-state index in [4.69, 9.17) is 47.6 Å². The van der Waals surface area contributed by atoms with E-state index < -0.39 is 0 Å². The van der Waals surface area contributed by atoms with Gasteiger partial charge in [-0.1, -0.05) is 291 Å². The maximum Gasteiger partial charge on any atom is 0.180 e. The van der Waals surface area contributed by atoms with Crippen LogP contribution in [-0.4, -0.2) is 48.2 Å². The van der Waals surface area contributed by atoms with Gasteiger partial charge in [0.1, 0.15) is 61.5 Å². The number of benzene rings is 19. The Morgan fingerprint density at radius 3 is 0.816 bits per heavy atom. The van der Waals surface area contributed by atoms with Crippen LogP contribution < -0.4 is 0 Å². The zero-order chi connectivity index (χ0) is 92.4. The number of hydrogen-bond acceptors (Lipinski definition) is 11. The number of para-hydroxylation sites is 9. The van der Waals surface area contributed by atoms with E-state index in [0.717, 1.165) is 167 Å². The maximum atomic E-state index is 6.42. The van der Waals surface area contributed by atoms with Crippen molar-refractivity contribution < 1.29 is 17.7 Å². The Labute approximate surface area is 806 Å². The molecule has 141 heavy (non-hydrogen) atoms.